The van der Waals surface area contributed by atoms with Crippen LogP contribution in [0.5, 0.6) is 0 Å². The van der Waals surface area contributed by atoms with Crippen LogP contribution in [0.2, 0.25) is 0 Å². The molecular formula is C17H16FN3OS. The number of nitrogens with zero attached hydrogens (tertiary/aromatic N) is 2. The van der Waals surface area contributed by atoms with Gasteiger partial charge in [-0.25, -0.2) is 9.37 Å². The van der Waals surface area contributed by atoms with Crippen molar-refractivity contribution in [1.82, 2.24) is 14.9 Å². The third kappa shape index (κ3) is 2.53. The highest BCUT2D eigenvalue weighted by molar-refractivity contribution is 7.21. The maximum Gasteiger partial charge on any atom is 0.261 e. The second-order valence-electron chi connectivity index (χ2n) is 5.94. The first-order valence-corrected chi connectivity index (χ1v) is 8.42. The van der Waals surface area contributed by atoms with Gasteiger partial charge in [0, 0.05) is 29.2 Å². The van der Waals surface area contributed by atoms with Crippen molar-refractivity contribution in [2.75, 3.05) is 0 Å². The van der Waals surface area contributed by atoms with Crippen LogP contribution in [0.3, 0.4) is 0 Å². The van der Waals surface area contributed by atoms with Gasteiger partial charge in [0.2, 0.25) is 0 Å². The minimum absolute atomic E-state index is 0.0716. The Hall–Kier alpha value is -2.21. The number of rotatable bonds is 2. The van der Waals surface area contributed by atoms with Crippen LogP contribution >= 0.6 is 11.3 Å². The van der Waals surface area contributed by atoms with Gasteiger partial charge in [0.05, 0.1) is 11.2 Å². The van der Waals surface area contributed by atoms with Gasteiger partial charge >= 0.3 is 0 Å². The molecule has 3 aromatic rings. The Morgan fingerprint density at radius 1 is 1.48 bits per heavy atom. The SMILES string of the molecule is Cc1c(C(=O)NC2CCc3cncn3C2)sc2cc(F)ccc12. The minimum Gasteiger partial charge on any atom is -0.347 e. The Kier molecular flexibility index (Phi) is 3.41. The number of amides is 1. The van der Waals surface area contributed by atoms with Crippen molar-refractivity contribution in [1.29, 1.82) is 0 Å². The van der Waals surface area contributed by atoms with Crippen LogP contribution in [-0.2, 0) is 13.0 Å². The molecule has 1 aliphatic heterocycles. The van der Waals surface area contributed by atoms with Gasteiger partial charge < -0.3 is 9.88 Å². The molecule has 1 aromatic carbocycles. The summed E-state index contributed by atoms with van der Waals surface area (Å²) in [5, 5.41) is 4.06. The van der Waals surface area contributed by atoms with Crippen LogP contribution in [-0.4, -0.2) is 21.5 Å². The van der Waals surface area contributed by atoms with E-state index in [0.717, 1.165) is 35.0 Å². The van der Waals surface area contributed by atoms with E-state index in [1.807, 2.05) is 13.1 Å². The van der Waals surface area contributed by atoms with E-state index in [1.54, 1.807) is 12.4 Å². The average Bonchev–Trinajstić information content (AvgIpc) is 3.11. The molecule has 2 aromatic heterocycles. The highest BCUT2D eigenvalue weighted by Gasteiger charge is 2.22. The standard InChI is InChI=1S/C17H16FN3OS/c1-10-14-5-2-11(18)6-15(14)23-16(10)17(22)20-12-3-4-13-7-19-9-21(13)8-12/h2,5-7,9,12H,3-4,8H2,1H3,(H,20,22). The van der Waals surface area contributed by atoms with Crippen LogP contribution in [0.4, 0.5) is 4.39 Å². The predicted octanol–water partition coefficient (Wildman–Crippen LogP) is 3.29. The van der Waals surface area contributed by atoms with Gasteiger partial charge in [-0.1, -0.05) is 6.07 Å². The number of nitrogens with one attached hydrogen (secondary N) is 1. The molecule has 0 fully saturated rings. The summed E-state index contributed by atoms with van der Waals surface area (Å²) in [6, 6.07) is 4.77. The van der Waals surface area contributed by atoms with E-state index in [-0.39, 0.29) is 17.8 Å². The third-order valence-corrected chi connectivity index (χ3v) is 5.66. The molecule has 23 heavy (non-hydrogen) atoms. The number of thiophene rings is 1. The van der Waals surface area contributed by atoms with Gasteiger partial charge in [0.15, 0.2) is 0 Å². The second kappa shape index (κ2) is 5.45. The quantitative estimate of drug-likeness (QED) is 0.784. The van der Waals surface area contributed by atoms with Crippen molar-refractivity contribution < 1.29 is 9.18 Å². The first-order chi connectivity index (χ1) is 11.1. The maximum atomic E-state index is 13.4. The molecule has 1 N–H and O–H groups in total. The summed E-state index contributed by atoms with van der Waals surface area (Å²) >= 11 is 1.35. The van der Waals surface area contributed by atoms with Crippen LogP contribution < -0.4 is 5.32 Å². The van der Waals surface area contributed by atoms with Crippen LogP contribution in [0, 0.1) is 12.7 Å². The Labute approximate surface area is 137 Å². The first-order valence-electron chi connectivity index (χ1n) is 7.60. The molecule has 0 spiro atoms. The van der Waals surface area contributed by atoms with Crippen LogP contribution in [0.1, 0.15) is 27.3 Å². The van der Waals surface area contributed by atoms with Gasteiger partial charge in [-0.15, -0.1) is 11.3 Å². The molecule has 4 rings (SSSR count). The van der Waals surface area contributed by atoms with E-state index in [2.05, 4.69) is 14.9 Å². The van der Waals surface area contributed by atoms with Gasteiger partial charge in [-0.3, -0.25) is 4.79 Å². The predicted molar refractivity (Wildman–Crippen MR) is 88.3 cm³/mol. The smallest absolute Gasteiger partial charge is 0.261 e. The fraction of sp³-hybridized carbons (Fsp3) is 0.294. The number of carbonyl (C=O) groups excluding carboxylic acids is 1. The molecule has 1 atom stereocenters. The summed E-state index contributed by atoms with van der Waals surface area (Å²) in [7, 11) is 0. The molecule has 0 bridgehead atoms. The monoisotopic (exact) mass is 329 g/mol. The van der Waals surface area contributed by atoms with E-state index in [1.165, 1.54) is 29.2 Å². The molecule has 1 aliphatic rings. The van der Waals surface area contributed by atoms with Crippen molar-refractivity contribution >= 4 is 27.3 Å². The fourth-order valence-electron chi connectivity index (χ4n) is 3.16. The normalized spacial score (nSPS) is 17.2. The summed E-state index contributed by atoms with van der Waals surface area (Å²) in [6.45, 7) is 2.67. The molecule has 3 heterocycles. The molecule has 6 heteroatoms. The molecule has 0 saturated carbocycles. The maximum absolute atomic E-state index is 13.4. The lowest BCUT2D eigenvalue weighted by molar-refractivity contribution is 0.0931. The zero-order valence-electron chi connectivity index (χ0n) is 12.7. The average molecular weight is 329 g/mol. The number of aromatic nitrogens is 2. The van der Waals surface area contributed by atoms with Gasteiger partial charge in [-0.2, -0.15) is 0 Å². The highest BCUT2D eigenvalue weighted by atomic mass is 32.1. The summed E-state index contributed by atoms with van der Waals surface area (Å²) in [5.74, 6) is -0.344. The number of imidazole rings is 1. The van der Waals surface area contributed by atoms with E-state index < -0.39 is 0 Å². The summed E-state index contributed by atoms with van der Waals surface area (Å²) in [5.41, 5.74) is 2.13. The number of benzene rings is 1. The molecule has 118 valence electrons. The fourth-order valence-corrected chi connectivity index (χ4v) is 4.29. The van der Waals surface area contributed by atoms with Crippen molar-refractivity contribution in [2.45, 2.75) is 32.4 Å². The zero-order chi connectivity index (χ0) is 16.0. The summed E-state index contributed by atoms with van der Waals surface area (Å²) in [4.78, 5) is 17.4. The lowest BCUT2D eigenvalue weighted by Crippen LogP contribution is -2.40. The molecular weight excluding hydrogens is 313 g/mol. The summed E-state index contributed by atoms with van der Waals surface area (Å²) < 4.78 is 16.3. The molecule has 4 nitrogen and oxygen atoms in total. The minimum atomic E-state index is -0.273. The van der Waals surface area contributed by atoms with E-state index in [9.17, 15) is 9.18 Å². The largest absolute Gasteiger partial charge is 0.347 e. The van der Waals surface area contributed by atoms with E-state index >= 15 is 0 Å². The Balaban J connectivity index is 1.57. The number of hydrogen-bond acceptors (Lipinski definition) is 3. The highest BCUT2D eigenvalue weighted by Crippen LogP contribution is 2.31. The van der Waals surface area contributed by atoms with E-state index in [0.29, 0.717) is 4.88 Å². The van der Waals surface area contributed by atoms with E-state index in [4.69, 9.17) is 0 Å². The second-order valence-corrected chi connectivity index (χ2v) is 7.00. The van der Waals surface area contributed by atoms with Crippen molar-refractivity contribution in [3.05, 3.63) is 52.7 Å². The third-order valence-electron chi connectivity index (χ3n) is 4.41. The summed E-state index contributed by atoms with van der Waals surface area (Å²) in [6.07, 6.45) is 5.52. The molecule has 0 aliphatic carbocycles. The molecule has 1 amide bonds. The van der Waals surface area contributed by atoms with Gasteiger partial charge in [-0.05, 0) is 42.8 Å². The lowest BCUT2D eigenvalue weighted by atomic mass is 10.1. The molecule has 1 unspecified atom stereocenters. The Morgan fingerprint density at radius 3 is 3.22 bits per heavy atom. The number of fused-ring (bicyclic) bond motifs is 2. The van der Waals surface area contributed by atoms with Gasteiger partial charge in [0.25, 0.3) is 5.91 Å². The molecule has 0 radical (unpaired) electrons. The van der Waals surface area contributed by atoms with Gasteiger partial charge in [0.1, 0.15) is 5.82 Å². The van der Waals surface area contributed by atoms with Crippen LogP contribution in [0.15, 0.2) is 30.7 Å². The van der Waals surface area contributed by atoms with Crippen molar-refractivity contribution in [2.24, 2.45) is 0 Å². The Bertz CT molecular complexity index is 899. The topological polar surface area (TPSA) is 46.9 Å². The number of halogens is 1. The van der Waals surface area contributed by atoms with Crippen molar-refractivity contribution in [3.63, 3.8) is 0 Å². The number of hydrogen-bond donors (Lipinski definition) is 1. The number of aryl methyl sites for hydroxylation is 2. The lowest BCUT2D eigenvalue weighted by Gasteiger charge is -2.24. The Morgan fingerprint density at radius 2 is 2.35 bits per heavy atom. The number of carbonyl (C=O) groups is 1. The van der Waals surface area contributed by atoms with Crippen LogP contribution in [0.25, 0.3) is 10.1 Å². The zero-order valence-corrected chi connectivity index (χ0v) is 13.5. The van der Waals surface area contributed by atoms with Crippen molar-refractivity contribution in [3.8, 4) is 0 Å². The molecule has 0 saturated heterocycles. The first kappa shape index (κ1) is 14.4.